The molecule has 1 unspecified atom stereocenters. The molecule has 4 aromatic heterocycles. The Labute approximate surface area is 172 Å². The molecular formula is C21H21N7O2. The van der Waals surface area contributed by atoms with Crippen molar-refractivity contribution >= 4 is 11.4 Å². The number of aromatic nitrogens is 6. The van der Waals surface area contributed by atoms with E-state index in [0.29, 0.717) is 31.6 Å². The van der Waals surface area contributed by atoms with E-state index >= 15 is 0 Å². The van der Waals surface area contributed by atoms with Gasteiger partial charge in [-0.1, -0.05) is 12.1 Å². The van der Waals surface area contributed by atoms with E-state index in [1.54, 1.807) is 33.7 Å². The maximum absolute atomic E-state index is 12.8. The van der Waals surface area contributed by atoms with E-state index < -0.39 is 0 Å². The third-order valence-corrected chi connectivity index (χ3v) is 5.46. The van der Waals surface area contributed by atoms with Gasteiger partial charge < -0.3 is 5.32 Å². The fourth-order valence-electron chi connectivity index (χ4n) is 3.92. The van der Waals surface area contributed by atoms with E-state index in [-0.39, 0.29) is 17.6 Å². The highest BCUT2D eigenvalue weighted by Gasteiger charge is 2.23. The van der Waals surface area contributed by atoms with E-state index in [1.807, 2.05) is 30.3 Å². The summed E-state index contributed by atoms with van der Waals surface area (Å²) in [7, 11) is 0. The molecule has 0 bridgehead atoms. The molecule has 1 N–H and O–H groups in total. The topological polar surface area (TPSA) is 99.1 Å². The first-order valence-corrected chi connectivity index (χ1v) is 9.98. The predicted octanol–water partition coefficient (Wildman–Crippen LogP) is 1.27. The zero-order valence-electron chi connectivity index (χ0n) is 16.3. The standard InChI is InChI=1S/C21H21N7O2/c29-20(18-5-1-4-17-8-11-23-28(17)18)24-16-6-7-19-25-27(21(30)26(19)12-9-16)14-15-3-2-10-22-13-15/h1-5,8,10-11,13,16H,6-7,9,12,14H2,(H,24,29). The van der Waals surface area contributed by atoms with Gasteiger partial charge in [0, 0.05) is 31.4 Å². The molecule has 0 saturated heterocycles. The van der Waals surface area contributed by atoms with Crippen molar-refractivity contribution in [3.05, 3.63) is 82.6 Å². The number of carbonyl (C=O) groups excluding carboxylic acids is 1. The SMILES string of the molecule is O=C(NC1CCc2nn(Cc3cccnc3)c(=O)n2CC1)c1cccc2ccnn12. The molecule has 0 aromatic carbocycles. The summed E-state index contributed by atoms with van der Waals surface area (Å²) in [4.78, 5) is 29.7. The summed E-state index contributed by atoms with van der Waals surface area (Å²) < 4.78 is 4.84. The van der Waals surface area contributed by atoms with Crippen molar-refractivity contribution in [2.24, 2.45) is 0 Å². The highest BCUT2D eigenvalue weighted by atomic mass is 16.2. The Morgan fingerprint density at radius 1 is 1.13 bits per heavy atom. The third kappa shape index (κ3) is 3.38. The largest absolute Gasteiger partial charge is 0.348 e. The van der Waals surface area contributed by atoms with Gasteiger partial charge >= 0.3 is 5.69 Å². The first kappa shape index (κ1) is 18.3. The smallest absolute Gasteiger partial charge is 0.346 e. The van der Waals surface area contributed by atoms with Crippen LogP contribution in [0.15, 0.2) is 59.8 Å². The van der Waals surface area contributed by atoms with Crippen molar-refractivity contribution in [3.8, 4) is 0 Å². The number of amides is 1. The Kier molecular flexibility index (Phi) is 4.62. The lowest BCUT2D eigenvalue weighted by Crippen LogP contribution is -2.36. The Morgan fingerprint density at radius 3 is 2.93 bits per heavy atom. The predicted molar refractivity (Wildman–Crippen MR) is 109 cm³/mol. The summed E-state index contributed by atoms with van der Waals surface area (Å²) >= 11 is 0. The molecule has 1 aliphatic rings. The number of fused-ring (bicyclic) bond motifs is 2. The molecule has 0 aliphatic carbocycles. The second-order valence-electron chi connectivity index (χ2n) is 7.45. The van der Waals surface area contributed by atoms with Crippen LogP contribution < -0.4 is 11.0 Å². The van der Waals surface area contributed by atoms with Gasteiger partial charge in [0.15, 0.2) is 0 Å². The summed E-state index contributed by atoms with van der Waals surface area (Å²) in [6.07, 6.45) is 7.15. The van der Waals surface area contributed by atoms with Gasteiger partial charge in [-0.05, 0) is 42.7 Å². The van der Waals surface area contributed by atoms with Gasteiger partial charge in [-0.2, -0.15) is 10.2 Å². The Morgan fingerprint density at radius 2 is 2.07 bits per heavy atom. The maximum Gasteiger partial charge on any atom is 0.346 e. The molecule has 0 saturated carbocycles. The molecule has 5 heterocycles. The van der Waals surface area contributed by atoms with Gasteiger partial charge in [-0.25, -0.2) is 14.0 Å². The van der Waals surface area contributed by atoms with Gasteiger partial charge in [0.2, 0.25) is 0 Å². The summed E-state index contributed by atoms with van der Waals surface area (Å²) in [5.74, 6) is 0.595. The van der Waals surface area contributed by atoms with Crippen molar-refractivity contribution in [2.45, 2.75) is 38.4 Å². The minimum atomic E-state index is -0.164. The number of carbonyl (C=O) groups is 1. The van der Waals surface area contributed by atoms with Crippen LogP contribution in [0.5, 0.6) is 0 Å². The number of nitrogens with one attached hydrogen (secondary N) is 1. The fourth-order valence-corrected chi connectivity index (χ4v) is 3.92. The Balaban J connectivity index is 1.29. The molecule has 5 rings (SSSR count). The lowest BCUT2D eigenvalue weighted by atomic mass is 10.1. The lowest BCUT2D eigenvalue weighted by molar-refractivity contribution is 0.0925. The summed E-state index contributed by atoms with van der Waals surface area (Å²) in [5.41, 5.74) is 2.18. The Hall–Kier alpha value is -3.75. The van der Waals surface area contributed by atoms with Gasteiger partial charge in [0.25, 0.3) is 5.91 Å². The highest BCUT2D eigenvalue weighted by Crippen LogP contribution is 2.14. The van der Waals surface area contributed by atoms with Crippen molar-refractivity contribution in [1.29, 1.82) is 0 Å². The van der Waals surface area contributed by atoms with E-state index in [2.05, 4.69) is 20.5 Å². The fraction of sp³-hybridized carbons (Fsp3) is 0.286. The number of pyridine rings is 2. The zero-order valence-corrected chi connectivity index (χ0v) is 16.3. The van der Waals surface area contributed by atoms with E-state index in [9.17, 15) is 9.59 Å². The molecule has 0 fully saturated rings. The number of aryl methyl sites for hydroxylation is 1. The second kappa shape index (κ2) is 7.58. The molecule has 4 aromatic rings. The minimum absolute atomic E-state index is 0.0313. The summed E-state index contributed by atoms with van der Waals surface area (Å²) in [6, 6.07) is 11.1. The van der Waals surface area contributed by atoms with Crippen LogP contribution in [0.2, 0.25) is 0 Å². The van der Waals surface area contributed by atoms with Crippen LogP contribution in [0.4, 0.5) is 0 Å². The van der Waals surface area contributed by atoms with Gasteiger partial charge in [-0.3, -0.25) is 14.3 Å². The molecule has 9 heteroatoms. The van der Waals surface area contributed by atoms with Crippen molar-refractivity contribution in [3.63, 3.8) is 0 Å². The first-order chi connectivity index (χ1) is 14.7. The van der Waals surface area contributed by atoms with Crippen molar-refractivity contribution in [1.82, 2.24) is 34.3 Å². The van der Waals surface area contributed by atoms with Gasteiger partial charge in [-0.15, -0.1) is 0 Å². The van der Waals surface area contributed by atoms with Crippen LogP contribution in [0.25, 0.3) is 5.52 Å². The van der Waals surface area contributed by atoms with Crippen LogP contribution in [0.3, 0.4) is 0 Å². The molecular weight excluding hydrogens is 382 g/mol. The van der Waals surface area contributed by atoms with E-state index in [1.165, 1.54) is 4.68 Å². The highest BCUT2D eigenvalue weighted by molar-refractivity contribution is 5.93. The molecule has 0 spiro atoms. The lowest BCUT2D eigenvalue weighted by Gasteiger charge is -2.16. The third-order valence-electron chi connectivity index (χ3n) is 5.46. The zero-order chi connectivity index (χ0) is 20.5. The number of hydrogen-bond donors (Lipinski definition) is 1. The van der Waals surface area contributed by atoms with E-state index in [4.69, 9.17) is 0 Å². The molecule has 30 heavy (non-hydrogen) atoms. The summed E-state index contributed by atoms with van der Waals surface area (Å²) in [5, 5.41) is 11.8. The van der Waals surface area contributed by atoms with Crippen LogP contribution in [0.1, 0.15) is 34.7 Å². The quantitative estimate of drug-likeness (QED) is 0.553. The molecule has 0 radical (unpaired) electrons. The average molecular weight is 403 g/mol. The number of nitrogens with zero attached hydrogens (tertiary/aromatic N) is 6. The van der Waals surface area contributed by atoms with Crippen LogP contribution >= 0.6 is 0 Å². The Bertz CT molecular complexity index is 1260. The minimum Gasteiger partial charge on any atom is -0.348 e. The number of hydrogen-bond acceptors (Lipinski definition) is 5. The van der Waals surface area contributed by atoms with Crippen LogP contribution in [-0.4, -0.2) is 40.9 Å². The van der Waals surface area contributed by atoms with Crippen LogP contribution in [-0.2, 0) is 19.5 Å². The monoisotopic (exact) mass is 403 g/mol. The maximum atomic E-state index is 12.8. The molecule has 9 nitrogen and oxygen atoms in total. The van der Waals surface area contributed by atoms with E-state index in [0.717, 1.165) is 23.3 Å². The van der Waals surface area contributed by atoms with Crippen molar-refractivity contribution < 1.29 is 4.79 Å². The molecule has 1 atom stereocenters. The molecule has 1 aliphatic heterocycles. The van der Waals surface area contributed by atoms with Crippen molar-refractivity contribution in [2.75, 3.05) is 0 Å². The van der Waals surface area contributed by atoms with Gasteiger partial charge in [0.1, 0.15) is 11.5 Å². The summed E-state index contributed by atoms with van der Waals surface area (Å²) in [6.45, 7) is 0.929. The van der Waals surface area contributed by atoms with Crippen LogP contribution in [0, 0.1) is 0 Å². The molecule has 152 valence electrons. The molecule has 1 amide bonds. The second-order valence-corrected chi connectivity index (χ2v) is 7.45. The van der Waals surface area contributed by atoms with Gasteiger partial charge in [0.05, 0.1) is 18.3 Å². The number of rotatable bonds is 4. The average Bonchev–Trinajstić information content (AvgIpc) is 3.29. The first-order valence-electron chi connectivity index (χ1n) is 9.98. The normalized spacial score (nSPS) is 16.2.